The maximum atomic E-state index is 8.62. The van der Waals surface area contributed by atoms with E-state index in [0.29, 0.717) is 6.42 Å². The van der Waals surface area contributed by atoms with Crippen molar-refractivity contribution in [2.45, 2.75) is 12.5 Å². The van der Waals surface area contributed by atoms with Crippen molar-refractivity contribution in [3.8, 4) is 0 Å². The first kappa shape index (κ1) is 11.4. The van der Waals surface area contributed by atoms with Crippen LogP contribution in [0.25, 0.3) is 0 Å². The molecule has 12 heavy (non-hydrogen) atoms. The molecule has 68 valence electrons. The van der Waals surface area contributed by atoms with Gasteiger partial charge in [0, 0.05) is 12.6 Å². The van der Waals surface area contributed by atoms with Gasteiger partial charge in [-0.2, -0.15) is 0 Å². The predicted octanol–water partition coefficient (Wildman–Crippen LogP) is 1.49. The van der Waals surface area contributed by atoms with E-state index in [0.717, 1.165) is 5.56 Å². The summed E-state index contributed by atoms with van der Waals surface area (Å²) in [5.74, 6) is 0. The Morgan fingerprint density at radius 3 is 2.33 bits per heavy atom. The fourth-order valence-corrected chi connectivity index (χ4v) is 1.01. The summed E-state index contributed by atoms with van der Waals surface area (Å²) in [6, 6.07) is 9.77. The molecule has 0 radical (unpaired) electrons. The molecule has 1 atom stereocenters. The third-order valence-corrected chi connectivity index (χ3v) is 1.67. The Kier molecular flexibility index (Phi) is 5.72. The first-order valence-electron chi connectivity index (χ1n) is 3.76. The molecule has 0 unspecified atom stereocenters. The van der Waals surface area contributed by atoms with E-state index in [9.17, 15) is 0 Å². The molecular weight excluding hydrogens is 174 g/mol. The number of aliphatic hydroxyl groups excluding tert-OH is 1. The van der Waals surface area contributed by atoms with Crippen molar-refractivity contribution in [2.75, 3.05) is 6.61 Å². The van der Waals surface area contributed by atoms with Gasteiger partial charge in [-0.25, -0.2) is 0 Å². The molecule has 3 N–H and O–H groups in total. The SMILES string of the molecule is Cl.N[C@H](CCO)c1ccccc1. The molecule has 0 bridgehead atoms. The summed E-state index contributed by atoms with van der Waals surface area (Å²) in [7, 11) is 0. The highest BCUT2D eigenvalue weighted by Crippen LogP contribution is 2.11. The fraction of sp³-hybridized carbons (Fsp3) is 0.333. The van der Waals surface area contributed by atoms with E-state index in [4.69, 9.17) is 10.8 Å². The molecule has 1 rings (SSSR count). The first-order valence-corrected chi connectivity index (χ1v) is 3.76. The quantitative estimate of drug-likeness (QED) is 0.753. The lowest BCUT2D eigenvalue weighted by Gasteiger charge is -2.08. The van der Waals surface area contributed by atoms with Crippen LogP contribution in [-0.2, 0) is 0 Å². The van der Waals surface area contributed by atoms with E-state index in [1.165, 1.54) is 0 Å². The summed E-state index contributed by atoms with van der Waals surface area (Å²) in [5.41, 5.74) is 6.83. The molecule has 3 heteroatoms. The molecule has 0 aliphatic heterocycles. The zero-order valence-electron chi connectivity index (χ0n) is 6.81. The van der Waals surface area contributed by atoms with Crippen molar-refractivity contribution in [1.82, 2.24) is 0 Å². The van der Waals surface area contributed by atoms with Crippen molar-refractivity contribution >= 4 is 12.4 Å². The third kappa shape index (κ3) is 3.22. The highest BCUT2D eigenvalue weighted by atomic mass is 35.5. The molecule has 1 aromatic rings. The van der Waals surface area contributed by atoms with E-state index in [-0.39, 0.29) is 25.1 Å². The van der Waals surface area contributed by atoms with Crippen LogP contribution in [-0.4, -0.2) is 11.7 Å². The number of hydrogen-bond donors (Lipinski definition) is 2. The second-order valence-corrected chi connectivity index (χ2v) is 2.53. The zero-order chi connectivity index (χ0) is 8.10. The largest absolute Gasteiger partial charge is 0.396 e. The van der Waals surface area contributed by atoms with Gasteiger partial charge in [0.25, 0.3) is 0 Å². The van der Waals surface area contributed by atoms with Gasteiger partial charge in [0.1, 0.15) is 0 Å². The lowest BCUT2D eigenvalue weighted by Crippen LogP contribution is -2.11. The van der Waals surface area contributed by atoms with Gasteiger partial charge >= 0.3 is 0 Å². The summed E-state index contributed by atoms with van der Waals surface area (Å²) in [6.45, 7) is 0.149. The van der Waals surface area contributed by atoms with Gasteiger partial charge in [-0.05, 0) is 12.0 Å². The maximum Gasteiger partial charge on any atom is 0.0449 e. The van der Waals surface area contributed by atoms with Gasteiger partial charge in [-0.15, -0.1) is 12.4 Å². The van der Waals surface area contributed by atoms with Gasteiger partial charge < -0.3 is 10.8 Å². The molecule has 0 heterocycles. The molecular formula is C9H14ClNO. The topological polar surface area (TPSA) is 46.2 Å². The molecule has 1 aromatic carbocycles. The molecule has 0 amide bonds. The summed E-state index contributed by atoms with van der Waals surface area (Å²) in [6.07, 6.45) is 0.629. The molecule has 0 saturated heterocycles. The van der Waals surface area contributed by atoms with Gasteiger partial charge in [0.15, 0.2) is 0 Å². The highest BCUT2D eigenvalue weighted by molar-refractivity contribution is 5.85. The van der Waals surface area contributed by atoms with Crippen molar-refractivity contribution in [3.05, 3.63) is 35.9 Å². The molecule has 0 aliphatic rings. The van der Waals surface area contributed by atoms with Crippen LogP contribution in [0.3, 0.4) is 0 Å². The molecule has 2 nitrogen and oxygen atoms in total. The average molecular weight is 188 g/mol. The summed E-state index contributed by atoms with van der Waals surface area (Å²) in [5, 5.41) is 8.62. The monoisotopic (exact) mass is 187 g/mol. The van der Waals surface area contributed by atoms with E-state index < -0.39 is 0 Å². The van der Waals surface area contributed by atoms with Crippen molar-refractivity contribution in [2.24, 2.45) is 5.73 Å². The van der Waals surface area contributed by atoms with Gasteiger partial charge in [0.05, 0.1) is 0 Å². The molecule has 0 spiro atoms. The number of nitrogens with two attached hydrogens (primary N) is 1. The second kappa shape index (κ2) is 6.00. The van der Waals surface area contributed by atoms with E-state index in [2.05, 4.69) is 0 Å². The van der Waals surface area contributed by atoms with Crippen LogP contribution < -0.4 is 5.73 Å². The lowest BCUT2D eigenvalue weighted by atomic mass is 10.1. The molecule has 0 aromatic heterocycles. The van der Waals surface area contributed by atoms with E-state index >= 15 is 0 Å². The van der Waals surface area contributed by atoms with Gasteiger partial charge in [0.2, 0.25) is 0 Å². The minimum absolute atomic E-state index is 0. The number of aliphatic hydroxyl groups is 1. The van der Waals surface area contributed by atoms with Gasteiger partial charge in [-0.1, -0.05) is 30.3 Å². The first-order chi connectivity index (χ1) is 5.34. The number of benzene rings is 1. The van der Waals surface area contributed by atoms with Crippen LogP contribution in [0.1, 0.15) is 18.0 Å². The Morgan fingerprint density at radius 2 is 1.83 bits per heavy atom. The third-order valence-electron chi connectivity index (χ3n) is 1.67. The molecule has 0 saturated carbocycles. The summed E-state index contributed by atoms with van der Waals surface area (Å²) >= 11 is 0. The van der Waals surface area contributed by atoms with Crippen LogP contribution >= 0.6 is 12.4 Å². The number of rotatable bonds is 3. The van der Waals surface area contributed by atoms with Crippen molar-refractivity contribution in [1.29, 1.82) is 0 Å². The van der Waals surface area contributed by atoms with Gasteiger partial charge in [-0.3, -0.25) is 0 Å². The normalized spacial score (nSPS) is 11.8. The molecule has 0 aliphatic carbocycles. The van der Waals surface area contributed by atoms with Crippen LogP contribution in [0.2, 0.25) is 0 Å². The van der Waals surface area contributed by atoms with Crippen LogP contribution in [0.15, 0.2) is 30.3 Å². The maximum absolute atomic E-state index is 8.62. The zero-order valence-corrected chi connectivity index (χ0v) is 7.63. The van der Waals surface area contributed by atoms with Crippen LogP contribution in [0, 0.1) is 0 Å². The minimum Gasteiger partial charge on any atom is -0.396 e. The second-order valence-electron chi connectivity index (χ2n) is 2.53. The summed E-state index contributed by atoms with van der Waals surface area (Å²) in [4.78, 5) is 0. The Morgan fingerprint density at radius 1 is 1.25 bits per heavy atom. The van der Waals surface area contributed by atoms with E-state index in [1.54, 1.807) is 0 Å². The molecule has 0 fully saturated rings. The van der Waals surface area contributed by atoms with Crippen molar-refractivity contribution in [3.63, 3.8) is 0 Å². The number of halogens is 1. The standard InChI is InChI=1S/C9H13NO.ClH/c10-9(6-7-11)8-4-2-1-3-5-8;/h1-5,9,11H,6-7,10H2;1H/t9-;/m1./s1. The Hall–Kier alpha value is -0.570. The highest BCUT2D eigenvalue weighted by Gasteiger charge is 2.02. The average Bonchev–Trinajstić information content (AvgIpc) is 2.07. The smallest absolute Gasteiger partial charge is 0.0449 e. The predicted molar refractivity (Wildman–Crippen MR) is 52.3 cm³/mol. The fourth-order valence-electron chi connectivity index (χ4n) is 1.01. The summed E-state index contributed by atoms with van der Waals surface area (Å²) < 4.78 is 0. The number of hydrogen-bond acceptors (Lipinski definition) is 2. The van der Waals surface area contributed by atoms with Crippen LogP contribution in [0.5, 0.6) is 0 Å². The van der Waals surface area contributed by atoms with E-state index in [1.807, 2.05) is 30.3 Å². The minimum atomic E-state index is -0.0267. The lowest BCUT2D eigenvalue weighted by molar-refractivity contribution is 0.276. The van der Waals surface area contributed by atoms with Crippen LogP contribution in [0.4, 0.5) is 0 Å². The Balaban J connectivity index is 0.00000121. The Labute approximate surface area is 78.8 Å². The van der Waals surface area contributed by atoms with Crippen molar-refractivity contribution < 1.29 is 5.11 Å². The Bertz CT molecular complexity index is 203.